The maximum atomic E-state index is 12.9. The number of benzene rings is 1. The van der Waals surface area contributed by atoms with Gasteiger partial charge in [0.25, 0.3) is 5.91 Å². The van der Waals surface area contributed by atoms with E-state index in [0.717, 1.165) is 29.9 Å². The third-order valence-electron chi connectivity index (χ3n) is 4.35. The zero-order chi connectivity index (χ0) is 20.1. The van der Waals surface area contributed by atoms with E-state index < -0.39 is 5.91 Å². The minimum atomic E-state index is -0.544. The van der Waals surface area contributed by atoms with Gasteiger partial charge in [0, 0.05) is 37.1 Å². The van der Waals surface area contributed by atoms with Crippen LogP contribution >= 0.6 is 0 Å². The molecule has 8 heteroatoms. The molecule has 0 aliphatic carbocycles. The van der Waals surface area contributed by atoms with Crippen LogP contribution in [0, 0.1) is 0 Å². The zero-order valence-corrected chi connectivity index (χ0v) is 15.9. The van der Waals surface area contributed by atoms with E-state index in [1.807, 2.05) is 10.6 Å². The summed E-state index contributed by atoms with van der Waals surface area (Å²) in [6.45, 7) is 3.25. The largest absolute Gasteiger partial charge is 0.366 e. The van der Waals surface area contributed by atoms with Crippen LogP contribution in [0.2, 0.25) is 0 Å². The fourth-order valence-electron chi connectivity index (χ4n) is 2.90. The summed E-state index contributed by atoms with van der Waals surface area (Å²) in [5.41, 5.74) is 7.68. The van der Waals surface area contributed by atoms with Crippen LogP contribution in [0.1, 0.15) is 39.9 Å². The first-order chi connectivity index (χ1) is 13.5. The van der Waals surface area contributed by atoms with Crippen LogP contribution < -0.4 is 5.73 Å². The number of carbonyl (C=O) groups excluding carboxylic acids is 2. The number of hydrogen-bond acceptors (Lipinski definition) is 5. The van der Waals surface area contributed by atoms with Crippen LogP contribution in [-0.4, -0.2) is 43.5 Å². The first-order valence-corrected chi connectivity index (χ1v) is 8.97. The van der Waals surface area contributed by atoms with Gasteiger partial charge in [-0.3, -0.25) is 14.6 Å². The number of aryl methyl sites for hydroxylation is 1. The molecule has 144 valence electrons. The highest BCUT2D eigenvalue weighted by molar-refractivity contribution is 5.96. The molecule has 3 rings (SSSR count). The molecule has 0 bridgehead atoms. The van der Waals surface area contributed by atoms with Gasteiger partial charge in [0.05, 0.1) is 12.1 Å². The molecule has 28 heavy (non-hydrogen) atoms. The van der Waals surface area contributed by atoms with Crippen molar-refractivity contribution in [2.75, 3.05) is 7.05 Å². The third-order valence-corrected chi connectivity index (χ3v) is 4.35. The Morgan fingerprint density at radius 1 is 1.14 bits per heavy atom. The second kappa shape index (κ2) is 8.43. The summed E-state index contributed by atoms with van der Waals surface area (Å²) in [7, 11) is 1.73. The molecule has 0 saturated carbocycles. The molecule has 0 unspecified atom stereocenters. The number of nitrogens with zero attached hydrogens (tertiary/aromatic N) is 5. The van der Waals surface area contributed by atoms with Crippen LogP contribution in [0.15, 0.2) is 49.1 Å². The lowest BCUT2D eigenvalue weighted by molar-refractivity contribution is 0.0779. The minimum absolute atomic E-state index is 0.132. The first kappa shape index (κ1) is 19.2. The molecular weight excluding hydrogens is 356 g/mol. The van der Waals surface area contributed by atoms with Crippen LogP contribution in [0.5, 0.6) is 0 Å². The van der Waals surface area contributed by atoms with Crippen molar-refractivity contribution in [3.05, 3.63) is 66.0 Å². The molecule has 0 saturated heterocycles. The normalized spacial score (nSPS) is 10.6. The summed E-state index contributed by atoms with van der Waals surface area (Å²) in [4.78, 5) is 29.9. The van der Waals surface area contributed by atoms with Crippen molar-refractivity contribution in [3.8, 4) is 11.1 Å². The van der Waals surface area contributed by atoms with Crippen LogP contribution in [-0.2, 0) is 13.1 Å². The molecule has 2 amide bonds. The van der Waals surface area contributed by atoms with E-state index in [1.165, 1.54) is 6.20 Å². The lowest BCUT2D eigenvalue weighted by Gasteiger charge is -2.17. The van der Waals surface area contributed by atoms with Crippen molar-refractivity contribution in [1.29, 1.82) is 0 Å². The predicted octanol–water partition coefficient (Wildman–Crippen LogP) is 2.12. The summed E-state index contributed by atoms with van der Waals surface area (Å²) in [5.74, 6) is 0.0663. The molecule has 0 fully saturated rings. The average molecular weight is 378 g/mol. The topological polar surface area (TPSA) is 107 Å². The van der Waals surface area contributed by atoms with E-state index in [9.17, 15) is 9.59 Å². The molecule has 3 aromatic rings. The smallest absolute Gasteiger partial charge is 0.254 e. The van der Waals surface area contributed by atoms with Gasteiger partial charge in [-0.05, 0) is 30.2 Å². The van der Waals surface area contributed by atoms with Gasteiger partial charge in [-0.15, -0.1) is 10.2 Å². The van der Waals surface area contributed by atoms with Crippen molar-refractivity contribution in [1.82, 2.24) is 24.6 Å². The maximum Gasteiger partial charge on any atom is 0.254 e. The van der Waals surface area contributed by atoms with Crippen molar-refractivity contribution in [2.24, 2.45) is 5.73 Å². The Morgan fingerprint density at radius 3 is 2.68 bits per heavy atom. The van der Waals surface area contributed by atoms with Gasteiger partial charge in [-0.1, -0.05) is 19.1 Å². The highest BCUT2D eigenvalue weighted by Gasteiger charge is 2.16. The summed E-state index contributed by atoms with van der Waals surface area (Å²) in [6, 6.07) is 8.85. The van der Waals surface area contributed by atoms with E-state index in [1.54, 1.807) is 48.7 Å². The average Bonchev–Trinajstić information content (AvgIpc) is 3.14. The summed E-state index contributed by atoms with van der Waals surface area (Å²) < 4.78 is 1.95. The fraction of sp³-hybridized carbons (Fsp3) is 0.250. The highest BCUT2D eigenvalue weighted by Crippen LogP contribution is 2.21. The lowest BCUT2D eigenvalue weighted by Crippen LogP contribution is -2.27. The van der Waals surface area contributed by atoms with Gasteiger partial charge in [-0.2, -0.15) is 0 Å². The monoisotopic (exact) mass is 378 g/mol. The minimum Gasteiger partial charge on any atom is -0.366 e. The molecule has 0 spiro atoms. The second-order valence-corrected chi connectivity index (χ2v) is 6.51. The SMILES string of the molecule is CCCn1cnnc1CN(C)C(=O)c1cccc(-c2cncc(C(N)=O)c2)c1. The molecule has 2 N–H and O–H groups in total. The highest BCUT2D eigenvalue weighted by atomic mass is 16.2. The van der Waals surface area contributed by atoms with Gasteiger partial charge in [0.1, 0.15) is 6.33 Å². The quantitative estimate of drug-likeness (QED) is 0.678. The van der Waals surface area contributed by atoms with Gasteiger partial charge in [0.15, 0.2) is 5.82 Å². The number of carbonyl (C=O) groups is 2. The predicted molar refractivity (Wildman–Crippen MR) is 104 cm³/mol. The number of primary amides is 1. The Balaban J connectivity index is 1.81. The van der Waals surface area contributed by atoms with E-state index >= 15 is 0 Å². The molecule has 0 atom stereocenters. The third kappa shape index (κ3) is 4.22. The molecule has 1 aromatic carbocycles. The standard InChI is InChI=1S/C20H22N6O2/c1-3-7-26-13-23-24-18(26)12-25(2)20(28)15-6-4-5-14(8-15)16-9-17(19(21)27)11-22-10-16/h4-6,8-11,13H,3,7,12H2,1-2H3,(H2,21,27). The number of nitrogens with two attached hydrogens (primary N) is 1. The van der Waals surface area contributed by atoms with E-state index in [4.69, 9.17) is 5.73 Å². The number of amides is 2. The second-order valence-electron chi connectivity index (χ2n) is 6.51. The molecule has 0 aliphatic rings. The molecule has 0 radical (unpaired) electrons. The summed E-state index contributed by atoms with van der Waals surface area (Å²) >= 11 is 0. The lowest BCUT2D eigenvalue weighted by atomic mass is 10.0. The number of hydrogen-bond donors (Lipinski definition) is 1. The van der Waals surface area contributed by atoms with Crippen LogP contribution in [0.4, 0.5) is 0 Å². The Kier molecular flexibility index (Phi) is 5.78. The number of pyridine rings is 1. The van der Waals surface area contributed by atoms with E-state index in [0.29, 0.717) is 17.7 Å². The summed E-state index contributed by atoms with van der Waals surface area (Å²) in [6.07, 6.45) is 5.69. The Labute approximate surface area is 163 Å². The molecule has 2 heterocycles. The molecule has 8 nitrogen and oxygen atoms in total. The van der Waals surface area contributed by atoms with Crippen LogP contribution in [0.25, 0.3) is 11.1 Å². The van der Waals surface area contributed by atoms with E-state index in [-0.39, 0.29) is 5.91 Å². The Morgan fingerprint density at radius 2 is 1.93 bits per heavy atom. The van der Waals surface area contributed by atoms with Crippen molar-refractivity contribution < 1.29 is 9.59 Å². The summed E-state index contributed by atoms with van der Waals surface area (Å²) in [5, 5.41) is 8.04. The fourth-order valence-corrected chi connectivity index (χ4v) is 2.90. The number of rotatable bonds is 7. The van der Waals surface area contributed by atoms with Gasteiger partial charge < -0.3 is 15.2 Å². The maximum absolute atomic E-state index is 12.9. The van der Waals surface area contributed by atoms with Crippen molar-refractivity contribution in [3.63, 3.8) is 0 Å². The zero-order valence-electron chi connectivity index (χ0n) is 15.9. The molecule has 0 aliphatic heterocycles. The Hall–Kier alpha value is -3.55. The molecular formula is C20H22N6O2. The van der Waals surface area contributed by atoms with Gasteiger partial charge >= 0.3 is 0 Å². The van der Waals surface area contributed by atoms with Gasteiger partial charge in [-0.25, -0.2) is 0 Å². The van der Waals surface area contributed by atoms with Crippen LogP contribution in [0.3, 0.4) is 0 Å². The number of aromatic nitrogens is 4. The Bertz CT molecular complexity index is 998. The van der Waals surface area contributed by atoms with E-state index in [2.05, 4.69) is 22.1 Å². The van der Waals surface area contributed by atoms with Crippen molar-refractivity contribution in [2.45, 2.75) is 26.4 Å². The molecule has 2 aromatic heterocycles. The van der Waals surface area contributed by atoms with Gasteiger partial charge in [0.2, 0.25) is 5.91 Å². The van der Waals surface area contributed by atoms with Crippen molar-refractivity contribution >= 4 is 11.8 Å². The first-order valence-electron chi connectivity index (χ1n) is 8.97.